The van der Waals surface area contributed by atoms with E-state index in [0.29, 0.717) is 18.1 Å². The first-order valence-electron chi connectivity index (χ1n) is 5.53. The van der Waals surface area contributed by atoms with Crippen LogP contribution in [0.5, 0.6) is 0 Å². The Morgan fingerprint density at radius 3 is 2.67 bits per heavy atom. The molecular formula is C12H18N2O2S2. The Balaban J connectivity index is 2.62. The second-order valence-corrected chi connectivity index (χ2v) is 7.13. The van der Waals surface area contributed by atoms with Gasteiger partial charge >= 0.3 is 0 Å². The van der Waals surface area contributed by atoms with Crippen LogP contribution in [-0.4, -0.2) is 43.9 Å². The quantitative estimate of drug-likeness (QED) is 0.784. The third-order valence-corrected chi connectivity index (χ3v) is 3.67. The molecule has 0 aliphatic rings. The van der Waals surface area contributed by atoms with Crippen LogP contribution in [0.25, 0.3) is 0 Å². The Kier molecular flexibility index (Phi) is 5.25. The fourth-order valence-corrected chi connectivity index (χ4v) is 2.31. The summed E-state index contributed by atoms with van der Waals surface area (Å²) in [5.41, 5.74) is 7.47. The highest BCUT2D eigenvalue weighted by Gasteiger charge is 2.06. The summed E-state index contributed by atoms with van der Waals surface area (Å²) in [7, 11) is -1.03. The van der Waals surface area contributed by atoms with Gasteiger partial charge in [0.15, 0.2) is 0 Å². The van der Waals surface area contributed by atoms with E-state index in [1.807, 2.05) is 36.2 Å². The molecule has 18 heavy (non-hydrogen) atoms. The van der Waals surface area contributed by atoms with Gasteiger partial charge in [-0.15, -0.1) is 0 Å². The first kappa shape index (κ1) is 15.1. The van der Waals surface area contributed by atoms with Crippen LogP contribution in [0.1, 0.15) is 11.1 Å². The van der Waals surface area contributed by atoms with Gasteiger partial charge in [-0.3, -0.25) is 0 Å². The third-order valence-electron chi connectivity index (χ3n) is 2.51. The number of nitrogens with two attached hydrogens (primary N) is 1. The van der Waals surface area contributed by atoms with Crippen LogP contribution in [0.15, 0.2) is 24.3 Å². The second kappa shape index (κ2) is 6.26. The van der Waals surface area contributed by atoms with E-state index in [0.717, 1.165) is 11.1 Å². The zero-order valence-corrected chi connectivity index (χ0v) is 12.2. The van der Waals surface area contributed by atoms with Crippen molar-refractivity contribution in [1.82, 2.24) is 4.90 Å². The van der Waals surface area contributed by atoms with Gasteiger partial charge in [0.05, 0.1) is 5.75 Å². The highest BCUT2D eigenvalue weighted by atomic mass is 32.2. The summed E-state index contributed by atoms with van der Waals surface area (Å²) in [6.07, 6.45) is 1.24. The number of hydrogen-bond donors (Lipinski definition) is 1. The molecule has 0 radical (unpaired) electrons. The topological polar surface area (TPSA) is 63.4 Å². The molecule has 1 aromatic rings. The van der Waals surface area contributed by atoms with E-state index in [1.165, 1.54) is 6.26 Å². The molecule has 0 amide bonds. The van der Waals surface area contributed by atoms with Gasteiger partial charge in [-0.25, -0.2) is 8.42 Å². The molecule has 6 heteroatoms. The lowest BCUT2D eigenvalue weighted by molar-refractivity contribution is 0.346. The predicted molar refractivity (Wildman–Crippen MR) is 78.4 cm³/mol. The molecule has 0 fully saturated rings. The molecule has 0 aliphatic heterocycles. The maximum atomic E-state index is 11.1. The molecule has 0 aromatic heterocycles. The van der Waals surface area contributed by atoms with Gasteiger partial charge in [0.1, 0.15) is 14.8 Å². The summed E-state index contributed by atoms with van der Waals surface area (Å²) in [6, 6.07) is 7.66. The molecular weight excluding hydrogens is 268 g/mol. The summed E-state index contributed by atoms with van der Waals surface area (Å²) in [6.45, 7) is 1.18. The van der Waals surface area contributed by atoms with Crippen molar-refractivity contribution in [3.05, 3.63) is 35.4 Å². The summed E-state index contributed by atoms with van der Waals surface area (Å²) >= 11 is 4.92. The van der Waals surface area contributed by atoms with E-state index in [1.54, 1.807) is 0 Å². The zero-order chi connectivity index (χ0) is 13.8. The van der Waals surface area contributed by atoms with Gasteiger partial charge in [0.2, 0.25) is 0 Å². The number of thiocarbonyl (C=S) groups is 1. The highest BCUT2D eigenvalue weighted by molar-refractivity contribution is 7.90. The van der Waals surface area contributed by atoms with Crippen LogP contribution in [0.3, 0.4) is 0 Å². The summed E-state index contributed by atoms with van der Waals surface area (Å²) in [5.74, 6) is 0.165. The van der Waals surface area contributed by atoms with Crippen LogP contribution in [0.4, 0.5) is 0 Å². The lowest BCUT2D eigenvalue weighted by Gasteiger charge is -2.16. The van der Waals surface area contributed by atoms with Crippen molar-refractivity contribution in [3.8, 4) is 0 Å². The highest BCUT2D eigenvalue weighted by Crippen LogP contribution is 2.07. The Hall–Kier alpha value is -0.980. The number of hydrogen-bond acceptors (Lipinski definition) is 4. The molecule has 2 N–H and O–H groups in total. The Morgan fingerprint density at radius 1 is 1.44 bits per heavy atom. The lowest BCUT2D eigenvalue weighted by atomic mass is 10.1. The lowest BCUT2D eigenvalue weighted by Crippen LogP contribution is -2.25. The van der Waals surface area contributed by atoms with Gasteiger partial charge in [-0.2, -0.15) is 0 Å². The summed E-state index contributed by atoms with van der Waals surface area (Å²) < 4.78 is 22.1. The molecule has 0 bridgehead atoms. The number of benzene rings is 1. The van der Waals surface area contributed by atoms with E-state index >= 15 is 0 Å². The average Bonchev–Trinajstić information content (AvgIpc) is 2.26. The maximum Gasteiger partial charge on any atom is 0.148 e. The van der Waals surface area contributed by atoms with E-state index in [9.17, 15) is 8.42 Å². The zero-order valence-electron chi connectivity index (χ0n) is 10.6. The normalized spacial score (nSPS) is 11.7. The van der Waals surface area contributed by atoms with Crippen LogP contribution >= 0.6 is 12.2 Å². The summed E-state index contributed by atoms with van der Waals surface area (Å²) in [4.78, 5) is 2.33. The molecule has 0 spiro atoms. The molecule has 100 valence electrons. The molecule has 0 saturated carbocycles. The van der Waals surface area contributed by atoms with Gasteiger partial charge in [-0.05, 0) is 18.7 Å². The molecule has 0 aliphatic carbocycles. The number of sulfone groups is 1. The van der Waals surface area contributed by atoms with Crippen molar-refractivity contribution in [2.45, 2.75) is 6.54 Å². The van der Waals surface area contributed by atoms with E-state index in [4.69, 9.17) is 18.0 Å². The van der Waals surface area contributed by atoms with Gasteiger partial charge in [0.25, 0.3) is 0 Å². The Morgan fingerprint density at radius 2 is 2.11 bits per heavy atom. The number of rotatable bonds is 6. The fourth-order valence-electron chi connectivity index (χ4n) is 1.54. The largest absolute Gasteiger partial charge is 0.389 e. The van der Waals surface area contributed by atoms with E-state index < -0.39 is 9.84 Å². The summed E-state index contributed by atoms with van der Waals surface area (Å²) in [5, 5.41) is 0. The molecule has 0 heterocycles. The molecule has 0 saturated heterocycles. The third kappa shape index (κ3) is 5.57. The van der Waals surface area contributed by atoms with Crippen molar-refractivity contribution in [1.29, 1.82) is 0 Å². The van der Waals surface area contributed by atoms with Crippen molar-refractivity contribution < 1.29 is 8.42 Å². The van der Waals surface area contributed by atoms with Gasteiger partial charge in [0, 0.05) is 24.9 Å². The van der Waals surface area contributed by atoms with E-state index in [2.05, 4.69) is 0 Å². The van der Waals surface area contributed by atoms with Crippen LogP contribution in [-0.2, 0) is 16.4 Å². The SMILES string of the molecule is CN(CCS(C)(=O)=O)Cc1cccc(C(N)=S)c1. The number of nitrogens with zero attached hydrogens (tertiary/aromatic N) is 1. The second-order valence-electron chi connectivity index (χ2n) is 4.43. The monoisotopic (exact) mass is 286 g/mol. The minimum absolute atomic E-state index is 0.165. The maximum absolute atomic E-state index is 11.1. The standard InChI is InChI=1S/C12H18N2O2S2/c1-14(6-7-18(2,15)16)9-10-4-3-5-11(8-10)12(13)17/h3-5,8H,6-7,9H2,1-2H3,(H2,13,17). The molecule has 4 nitrogen and oxygen atoms in total. The molecule has 0 atom stereocenters. The molecule has 1 rings (SSSR count). The first-order valence-corrected chi connectivity index (χ1v) is 8.00. The predicted octanol–water partition coefficient (Wildman–Crippen LogP) is 0.797. The average molecular weight is 286 g/mol. The van der Waals surface area contributed by atoms with Crippen molar-refractivity contribution >= 4 is 27.0 Å². The van der Waals surface area contributed by atoms with E-state index in [-0.39, 0.29) is 5.75 Å². The van der Waals surface area contributed by atoms with Crippen molar-refractivity contribution in [2.24, 2.45) is 5.73 Å². The Labute approximate surface area is 114 Å². The van der Waals surface area contributed by atoms with Crippen LogP contribution in [0, 0.1) is 0 Å². The van der Waals surface area contributed by atoms with Crippen molar-refractivity contribution in [2.75, 3.05) is 25.6 Å². The smallest absolute Gasteiger partial charge is 0.148 e. The fraction of sp³-hybridized carbons (Fsp3) is 0.417. The minimum Gasteiger partial charge on any atom is -0.389 e. The van der Waals surface area contributed by atoms with Crippen LogP contribution in [0.2, 0.25) is 0 Å². The van der Waals surface area contributed by atoms with Gasteiger partial charge < -0.3 is 10.6 Å². The first-order chi connectivity index (χ1) is 8.28. The van der Waals surface area contributed by atoms with Crippen LogP contribution < -0.4 is 5.73 Å². The van der Waals surface area contributed by atoms with Crippen molar-refractivity contribution in [3.63, 3.8) is 0 Å². The minimum atomic E-state index is -2.92. The van der Waals surface area contributed by atoms with Gasteiger partial charge in [-0.1, -0.05) is 30.4 Å². The molecule has 1 aromatic carbocycles. The molecule has 0 unspecified atom stereocenters. The Bertz CT molecular complexity index is 527.